The molecule has 1 heterocycles. The highest BCUT2D eigenvalue weighted by Crippen LogP contribution is 2.36. The number of phenols is 1. The summed E-state index contributed by atoms with van der Waals surface area (Å²) in [6.45, 7) is 3.00. The molecule has 7 heteroatoms. The summed E-state index contributed by atoms with van der Waals surface area (Å²) in [5, 5.41) is 9.56. The van der Waals surface area contributed by atoms with Crippen molar-refractivity contribution < 1.29 is 28.2 Å². The van der Waals surface area contributed by atoms with Gasteiger partial charge in [-0.1, -0.05) is 6.07 Å². The zero-order chi connectivity index (χ0) is 22.1. The minimum Gasteiger partial charge on any atom is -0.505 e. The lowest BCUT2D eigenvalue weighted by atomic mass is 9.79. The molecule has 0 spiro atoms. The van der Waals surface area contributed by atoms with Gasteiger partial charge in [-0.3, -0.25) is 4.79 Å². The fourth-order valence-corrected chi connectivity index (χ4v) is 4.73. The Morgan fingerprint density at radius 3 is 2.61 bits per heavy atom. The van der Waals surface area contributed by atoms with E-state index in [2.05, 4.69) is 0 Å². The van der Waals surface area contributed by atoms with E-state index in [1.165, 1.54) is 19.2 Å². The number of ether oxygens (including phenoxy) is 2. The lowest BCUT2D eigenvalue weighted by Gasteiger charge is -2.34. The Hall–Kier alpha value is -2.83. The normalized spacial score (nSPS) is 21.7. The number of nitrogens with zero attached hydrogens (tertiary/aromatic N) is 1. The van der Waals surface area contributed by atoms with E-state index in [0.29, 0.717) is 36.2 Å². The second-order valence-electron chi connectivity index (χ2n) is 8.52. The number of fused-ring (bicyclic) bond motifs is 1. The summed E-state index contributed by atoms with van der Waals surface area (Å²) in [7, 11) is 1.42. The van der Waals surface area contributed by atoms with Crippen molar-refractivity contribution in [2.24, 2.45) is 11.8 Å². The quantitative estimate of drug-likeness (QED) is 0.706. The van der Waals surface area contributed by atoms with E-state index in [4.69, 9.17) is 9.47 Å². The Morgan fingerprint density at radius 2 is 1.90 bits per heavy atom. The van der Waals surface area contributed by atoms with Crippen molar-refractivity contribution in [1.29, 1.82) is 0 Å². The molecule has 1 fully saturated rings. The van der Waals surface area contributed by atoms with E-state index >= 15 is 0 Å². The first kappa shape index (κ1) is 21.4. The lowest BCUT2D eigenvalue weighted by molar-refractivity contribution is 0.0682. The van der Waals surface area contributed by atoms with Gasteiger partial charge >= 0.3 is 0 Å². The molecule has 0 aromatic heterocycles. The zero-order valence-electron chi connectivity index (χ0n) is 17.7. The summed E-state index contributed by atoms with van der Waals surface area (Å²) < 4.78 is 38.8. The molecular formula is C24H27F2NO4. The van der Waals surface area contributed by atoms with Gasteiger partial charge in [0.1, 0.15) is 5.75 Å². The highest BCUT2D eigenvalue weighted by atomic mass is 19.1. The van der Waals surface area contributed by atoms with Gasteiger partial charge in [0.2, 0.25) is 0 Å². The second-order valence-corrected chi connectivity index (χ2v) is 8.52. The third-order valence-electron chi connectivity index (χ3n) is 6.55. The van der Waals surface area contributed by atoms with E-state index < -0.39 is 17.4 Å². The van der Waals surface area contributed by atoms with E-state index in [0.717, 1.165) is 25.7 Å². The van der Waals surface area contributed by atoms with Crippen LogP contribution in [0.3, 0.4) is 0 Å². The van der Waals surface area contributed by atoms with Crippen LogP contribution in [0.2, 0.25) is 0 Å². The van der Waals surface area contributed by atoms with Gasteiger partial charge in [-0.05, 0) is 68.2 Å². The number of carbonyl (C=O) groups excluding carboxylic acids is 1. The topological polar surface area (TPSA) is 59.0 Å². The summed E-state index contributed by atoms with van der Waals surface area (Å²) in [4.78, 5) is 14.3. The summed E-state index contributed by atoms with van der Waals surface area (Å²) >= 11 is 0. The summed E-state index contributed by atoms with van der Waals surface area (Å²) in [6, 6.07) is 7.42. The number of halogens is 2. The Bertz CT molecular complexity index is 972. The molecular weight excluding hydrogens is 404 g/mol. The molecule has 1 amide bonds. The molecule has 2 aromatic rings. The van der Waals surface area contributed by atoms with Crippen molar-refractivity contribution in [2.45, 2.75) is 45.3 Å². The highest BCUT2D eigenvalue weighted by Gasteiger charge is 2.34. The van der Waals surface area contributed by atoms with Crippen LogP contribution >= 0.6 is 0 Å². The maximum absolute atomic E-state index is 14.2. The number of amides is 1. The molecule has 31 heavy (non-hydrogen) atoms. The first-order valence-electron chi connectivity index (χ1n) is 10.7. The lowest BCUT2D eigenvalue weighted by Crippen LogP contribution is -2.34. The van der Waals surface area contributed by atoms with Crippen LogP contribution in [0.1, 0.15) is 48.5 Å². The van der Waals surface area contributed by atoms with Crippen LogP contribution in [0.4, 0.5) is 8.78 Å². The molecule has 1 N–H and O–H groups in total. The molecule has 1 saturated carbocycles. The van der Waals surface area contributed by atoms with Gasteiger partial charge in [0.15, 0.2) is 23.1 Å². The van der Waals surface area contributed by atoms with Crippen LogP contribution < -0.4 is 9.47 Å². The predicted molar refractivity (Wildman–Crippen MR) is 111 cm³/mol. The van der Waals surface area contributed by atoms with Crippen LogP contribution in [-0.2, 0) is 6.54 Å². The molecule has 1 unspecified atom stereocenters. The maximum atomic E-state index is 14.2. The number of phenolic OH excluding ortho intramolecular Hbond substituents is 1. The van der Waals surface area contributed by atoms with Crippen molar-refractivity contribution in [1.82, 2.24) is 4.90 Å². The second kappa shape index (κ2) is 8.73. The van der Waals surface area contributed by atoms with Crippen molar-refractivity contribution in [3.05, 3.63) is 53.1 Å². The predicted octanol–water partition coefficient (Wildman–Crippen LogP) is 4.91. The monoisotopic (exact) mass is 431 g/mol. The van der Waals surface area contributed by atoms with Gasteiger partial charge in [0, 0.05) is 19.2 Å². The molecule has 1 aliphatic carbocycles. The molecule has 0 saturated heterocycles. The van der Waals surface area contributed by atoms with Crippen LogP contribution in [0, 0.1) is 23.5 Å². The van der Waals surface area contributed by atoms with Gasteiger partial charge in [-0.2, -0.15) is 0 Å². The third kappa shape index (κ3) is 4.31. The van der Waals surface area contributed by atoms with Crippen LogP contribution in [-0.4, -0.2) is 35.7 Å². The molecule has 0 radical (unpaired) electrons. The average Bonchev–Trinajstić information content (AvgIpc) is 3.08. The van der Waals surface area contributed by atoms with E-state index in [-0.39, 0.29) is 23.3 Å². The fourth-order valence-electron chi connectivity index (χ4n) is 4.73. The summed E-state index contributed by atoms with van der Waals surface area (Å²) in [5.74, 6) is -0.603. The molecule has 2 aliphatic rings. The zero-order valence-corrected chi connectivity index (χ0v) is 17.7. The third-order valence-corrected chi connectivity index (χ3v) is 6.55. The first-order chi connectivity index (χ1) is 14.9. The van der Waals surface area contributed by atoms with Crippen molar-refractivity contribution >= 4 is 5.91 Å². The van der Waals surface area contributed by atoms with Crippen LogP contribution in [0.25, 0.3) is 0 Å². The molecule has 1 atom stereocenters. The van der Waals surface area contributed by atoms with Gasteiger partial charge in [0.05, 0.1) is 18.8 Å². The van der Waals surface area contributed by atoms with Crippen LogP contribution in [0.15, 0.2) is 30.3 Å². The maximum Gasteiger partial charge on any atom is 0.257 e. The largest absolute Gasteiger partial charge is 0.505 e. The van der Waals surface area contributed by atoms with Gasteiger partial charge in [0.25, 0.3) is 5.91 Å². The van der Waals surface area contributed by atoms with Gasteiger partial charge in [-0.25, -0.2) is 8.78 Å². The smallest absolute Gasteiger partial charge is 0.257 e. The van der Waals surface area contributed by atoms with E-state index in [1.54, 1.807) is 23.1 Å². The van der Waals surface area contributed by atoms with Gasteiger partial charge in [-0.15, -0.1) is 0 Å². The highest BCUT2D eigenvalue weighted by molar-refractivity contribution is 5.99. The number of aromatic hydroxyl groups is 1. The van der Waals surface area contributed by atoms with Crippen molar-refractivity contribution in [2.75, 3.05) is 13.7 Å². The summed E-state index contributed by atoms with van der Waals surface area (Å²) in [6.07, 6.45) is 3.83. The first-order valence-corrected chi connectivity index (χ1v) is 10.7. The molecule has 166 valence electrons. The Morgan fingerprint density at radius 1 is 1.16 bits per heavy atom. The van der Waals surface area contributed by atoms with E-state index in [9.17, 15) is 18.7 Å². The molecule has 1 aliphatic heterocycles. The van der Waals surface area contributed by atoms with Crippen molar-refractivity contribution in [3.8, 4) is 17.2 Å². The molecule has 2 aromatic carbocycles. The van der Waals surface area contributed by atoms with E-state index in [1.807, 2.05) is 6.92 Å². The summed E-state index contributed by atoms with van der Waals surface area (Å²) in [5.41, 5.74) is 0.635. The number of benzene rings is 2. The number of methoxy groups -OCH3 is 1. The number of rotatable bonds is 6. The van der Waals surface area contributed by atoms with Gasteiger partial charge < -0.3 is 19.5 Å². The molecule has 0 bridgehead atoms. The molecule has 4 rings (SSSR count). The average molecular weight is 431 g/mol. The molecule has 5 nitrogen and oxygen atoms in total. The number of carbonyl (C=O) groups is 1. The Balaban J connectivity index is 1.30. The minimum absolute atomic E-state index is 0.00503. The minimum atomic E-state index is -0.822. The Kier molecular flexibility index (Phi) is 6.03. The fraction of sp³-hybridized carbons (Fsp3) is 0.458. The number of hydrogen-bond donors (Lipinski definition) is 1. The Labute approximate surface area is 180 Å². The standard InChI is InChI=1S/C24H27F2NO4/c1-14(31-18-8-9-19(25)21(11-18)30-2)16-5-3-15(4-6-16)12-27-13-17-7-10-20(28)23(26)22(17)24(27)29/h7-11,14-16,28H,3-6,12-13H2,1-2H3. The SMILES string of the molecule is COc1cc(OC(C)C2CCC(CN3Cc4ccc(O)c(F)c4C3=O)CC2)ccc1F. The van der Waals surface area contributed by atoms with Crippen LogP contribution in [0.5, 0.6) is 17.2 Å². The van der Waals surface area contributed by atoms with Crippen molar-refractivity contribution in [3.63, 3.8) is 0 Å². The number of hydrogen-bond acceptors (Lipinski definition) is 4.